The highest BCUT2D eigenvalue weighted by Crippen LogP contribution is 2.31. The first-order valence-electron chi connectivity index (χ1n) is 6.71. The highest BCUT2D eigenvalue weighted by Gasteiger charge is 2.23. The third-order valence-electron chi connectivity index (χ3n) is 3.48. The molecule has 1 aromatic rings. The van der Waals surface area contributed by atoms with Crippen LogP contribution in [0.4, 0.5) is 8.78 Å². The number of hydrogen-bond acceptors (Lipinski definition) is 3. The van der Waals surface area contributed by atoms with Gasteiger partial charge in [-0.05, 0) is 32.0 Å². The van der Waals surface area contributed by atoms with Crippen molar-refractivity contribution in [2.24, 2.45) is 11.1 Å². The van der Waals surface area contributed by atoms with Crippen LogP contribution in [-0.2, 0) is 0 Å². The lowest BCUT2D eigenvalue weighted by Crippen LogP contribution is -2.38. The fraction of sp³-hybridized carbons (Fsp3) is 0.600. The molecular formula is C15H24F2N2O. The molecule has 0 amide bonds. The predicted octanol–water partition coefficient (Wildman–Crippen LogP) is 3.27. The Morgan fingerprint density at radius 3 is 2.45 bits per heavy atom. The summed E-state index contributed by atoms with van der Waals surface area (Å²) in [6.45, 7) is 4.66. The van der Waals surface area contributed by atoms with Gasteiger partial charge in [-0.15, -0.1) is 0 Å². The van der Waals surface area contributed by atoms with Gasteiger partial charge in [-0.2, -0.15) is 8.78 Å². The van der Waals surface area contributed by atoms with Gasteiger partial charge < -0.3 is 10.5 Å². The summed E-state index contributed by atoms with van der Waals surface area (Å²) < 4.78 is 29.5. The molecule has 0 fully saturated rings. The topological polar surface area (TPSA) is 38.5 Å². The minimum atomic E-state index is -2.81. The van der Waals surface area contributed by atoms with Crippen molar-refractivity contribution in [3.8, 4) is 5.75 Å². The van der Waals surface area contributed by atoms with Crippen molar-refractivity contribution in [1.29, 1.82) is 0 Å². The van der Waals surface area contributed by atoms with Gasteiger partial charge in [0, 0.05) is 18.2 Å². The van der Waals surface area contributed by atoms with Crippen LogP contribution in [0.5, 0.6) is 5.75 Å². The van der Waals surface area contributed by atoms with Crippen molar-refractivity contribution in [2.75, 3.05) is 20.1 Å². The second-order valence-corrected chi connectivity index (χ2v) is 5.88. The molecule has 1 atom stereocenters. The normalized spacial score (nSPS) is 13.8. The lowest BCUT2D eigenvalue weighted by molar-refractivity contribution is -0.0511. The van der Waals surface area contributed by atoms with Crippen molar-refractivity contribution >= 4 is 0 Å². The molecule has 0 aliphatic carbocycles. The summed E-state index contributed by atoms with van der Waals surface area (Å²) >= 11 is 0. The number of rotatable bonds is 7. The molecule has 3 nitrogen and oxygen atoms in total. The quantitative estimate of drug-likeness (QED) is 0.836. The first-order valence-corrected chi connectivity index (χ1v) is 6.71. The number of alkyl halides is 2. The molecule has 2 N–H and O–H groups in total. The van der Waals surface area contributed by atoms with E-state index in [1.807, 2.05) is 26.1 Å². The van der Waals surface area contributed by atoms with Crippen LogP contribution in [0.25, 0.3) is 0 Å². The molecule has 0 spiro atoms. The van der Waals surface area contributed by atoms with Crippen LogP contribution < -0.4 is 10.5 Å². The molecule has 0 heterocycles. The second kappa shape index (κ2) is 6.99. The number of para-hydroxylation sites is 1. The van der Waals surface area contributed by atoms with Crippen LogP contribution in [0.2, 0.25) is 0 Å². The molecule has 0 bridgehead atoms. The first kappa shape index (κ1) is 16.9. The molecule has 1 rings (SSSR count). The number of nitrogens with zero attached hydrogens (tertiary/aromatic N) is 1. The van der Waals surface area contributed by atoms with E-state index in [0.29, 0.717) is 6.54 Å². The SMILES string of the molecule is CC(c1ccccc1OC(F)F)N(C)CC(C)(C)CN. The summed E-state index contributed by atoms with van der Waals surface area (Å²) in [7, 11) is 1.96. The van der Waals surface area contributed by atoms with Gasteiger partial charge in [-0.3, -0.25) is 4.90 Å². The van der Waals surface area contributed by atoms with Crippen molar-refractivity contribution in [2.45, 2.75) is 33.4 Å². The van der Waals surface area contributed by atoms with Gasteiger partial charge in [0.15, 0.2) is 0 Å². The Morgan fingerprint density at radius 1 is 1.30 bits per heavy atom. The van der Waals surface area contributed by atoms with E-state index in [-0.39, 0.29) is 17.2 Å². The van der Waals surface area contributed by atoms with E-state index < -0.39 is 6.61 Å². The summed E-state index contributed by atoms with van der Waals surface area (Å²) in [5.41, 5.74) is 6.47. The van der Waals surface area contributed by atoms with Gasteiger partial charge in [0.05, 0.1) is 0 Å². The van der Waals surface area contributed by atoms with E-state index in [4.69, 9.17) is 5.73 Å². The number of halogens is 2. The predicted molar refractivity (Wildman–Crippen MR) is 77.0 cm³/mol. The Kier molecular flexibility index (Phi) is 5.89. The third kappa shape index (κ3) is 4.72. The Morgan fingerprint density at radius 2 is 1.90 bits per heavy atom. The lowest BCUT2D eigenvalue weighted by Gasteiger charge is -2.33. The highest BCUT2D eigenvalue weighted by atomic mass is 19.3. The summed E-state index contributed by atoms with van der Waals surface area (Å²) in [4.78, 5) is 2.10. The molecule has 5 heteroatoms. The molecule has 0 saturated heterocycles. The van der Waals surface area contributed by atoms with Crippen LogP contribution in [0.1, 0.15) is 32.4 Å². The van der Waals surface area contributed by atoms with Crippen LogP contribution in [0, 0.1) is 5.41 Å². The van der Waals surface area contributed by atoms with Crippen molar-refractivity contribution in [3.63, 3.8) is 0 Å². The fourth-order valence-corrected chi connectivity index (χ4v) is 2.14. The zero-order valence-electron chi connectivity index (χ0n) is 12.6. The van der Waals surface area contributed by atoms with Crippen LogP contribution in [0.15, 0.2) is 24.3 Å². The summed E-state index contributed by atoms with van der Waals surface area (Å²) in [5, 5.41) is 0. The van der Waals surface area contributed by atoms with Gasteiger partial charge in [-0.1, -0.05) is 32.0 Å². The third-order valence-corrected chi connectivity index (χ3v) is 3.48. The van der Waals surface area contributed by atoms with E-state index >= 15 is 0 Å². The summed E-state index contributed by atoms with van der Waals surface area (Å²) in [5.74, 6) is 0.229. The Hall–Kier alpha value is -1.20. The summed E-state index contributed by atoms with van der Waals surface area (Å²) in [6, 6.07) is 6.87. The van der Waals surface area contributed by atoms with E-state index in [1.54, 1.807) is 12.1 Å². The first-order chi connectivity index (χ1) is 9.26. The van der Waals surface area contributed by atoms with Crippen molar-refractivity contribution in [1.82, 2.24) is 4.90 Å². The fourth-order valence-electron chi connectivity index (χ4n) is 2.14. The number of hydrogen-bond donors (Lipinski definition) is 1. The molecule has 0 radical (unpaired) electrons. The van der Waals surface area contributed by atoms with E-state index in [2.05, 4.69) is 23.5 Å². The Bertz CT molecular complexity index is 424. The maximum Gasteiger partial charge on any atom is 0.387 e. The minimum Gasteiger partial charge on any atom is -0.434 e. The Balaban J connectivity index is 2.88. The standard InChI is InChI=1S/C15H24F2N2O/c1-11(19(4)10-15(2,3)9-18)12-7-5-6-8-13(12)20-14(16)17/h5-8,11,14H,9-10,18H2,1-4H3. The average molecular weight is 286 g/mol. The van der Waals surface area contributed by atoms with Crippen molar-refractivity contribution in [3.05, 3.63) is 29.8 Å². The zero-order valence-corrected chi connectivity index (χ0v) is 12.6. The zero-order chi connectivity index (χ0) is 15.3. The van der Waals surface area contributed by atoms with Crippen molar-refractivity contribution < 1.29 is 13.5 Å². The monoisotopic (exact) mass is 286 g/mol. The molecule has 1 aromatic carbocycles. The molecule has 0 aliphatic heterocycles. The maximum absolute atomic E-state index is 12.4. The van der Waals surface area contributed by atoms with Gasteiger partial charge in [0.2, 0.25) is 0 Å². The number of benzene rings is 1. The molecule has 0 aromatic heterocycles. The maximum atomic E-state index is 12.4. The Labute approximate surface area is 119 Å². The molecule has 0 saturated carbocycles. The van der Waals surface area contributed by atoms with Gasteiger partial charge in [0.1, 0.15) is 5.75 Å². The lowest BCUT2D eigenvalue weighted by atomic mass is 9.92. The molecule has 114 valence electrons. The number of nitrogens with two attached hydrogens (primary N) is 1. The summed E-state index contributed by atoms with van der Waals surface area (Å²) in [6.07, 6.45) is 0. The van der Waals surface area contributed by atoms with Gasteiger partial charge in [0.25, 0.3) is 0 Å². The number of ether oxygens (including phenoxy) is 1. The van der Waals surface area contributed by atoms with E-state index in [9.17, 15) is 8.78 Å². The highest BCUT2D eigenvalue weighted by molar-refractivity contribution is 5.35. The van der Waals surface area contributed by atoms with Crippen LogP contribution >= 0.6 is 0 Å². The molecule has 20 heavy (non-hydrogen) atoms. The van der Waals surface area contributed by atoms with E-state index in [1.165, 1.54) is 0 Å². The van der Waals surface area contributed by atoms with Crippen LogP contribution in [-0.4, -0.2) is 31.6 Å². The van der Waals surface area contributed by atoms with Crippen LogP contribution in [0.3, 0.4) is 0 Å². The second-order valence-electron chi connectivity index (χ2n) is 5.88. The average Bonchev–Trinajstić information content (AvgIpc) is 2.37. The minimum absolute atomic E-state index is 0.0263. The largest absolute Gasteiger partial charge is 0.434 e. The van der Waals surface area contributed by atoms with Gasteiger partial charge >= 0.3 is 6.61 Å². The van der Waals surface area contributed by atoms with Gasteiger partial charge in [-0.25, -0.2) is 0 Å². The van der Waals surface area contributed by atoms with E-state index in [0.717, 1.165) is 12.1 Å². The molecule has 0 aliphatic rings. The molecule has 1 unspecified atom stereocenters. The molecular weight excluding hydrogens is 262 g/mol. The smallest absolute Gasteiger partial charge is 0.387 e.